The van der Waals surface area contributed by atoms with E-state index in [1.807, 2.05) is 13.8 Å². The fourth-order valence-corrected chi connectivity index (χ4v) is 2.70. The Morgan fingerprint density at radius 1 is 1.12 bits per heavy atom. The van der Waals surface area contributed by atoms with E-state index in [2.05, 4.69) is 56.5 Å². The van der Waals surface area contributed by atoms with Gasteiger partial charge in [0, 0.05) is 18.8 Å². The minimum absolute atomic E-state index is 0.0901. The molecular formula is C20H34N2O2. The highest BCUT2D eigenvalue weighted by molar-refractivity contribution is 5.91. The molecule has 136 valence electrons. The molecule has 0 unspecified atom stereocenters. The van der Waals surface area contributed by atoms with Crippen LogP contribution >= 0.6 is 0 Å². The summed E-state index contributed by atoms with van der Waals surface area (Å²) in [5.41, 5.74) is 3.18. The largest absolute Gasteiger partial charge is 0.396 e. The second kappa shape index (κ2) is 9.07. The fourth-order valence-electron chi connectivity index (χ4n) is 2.70. The Hall–Kier alpha value is -1.55. The third-order valence-corrected chi connectivity index (χ3v) is 4.36. The van der Waals surface area contributed by atoms with E-state index in [4.69, 9.17) is 0 Å². The van der Waals surface area contributed by atoms with Crippen molar-refractivity contribution in [2.24, 2.45) is 5.41 Å². The first-order valence-electron chi connectivity index (χ1n) is 8.96. The Morgan fingerprint density at radius 2 is 1.67 bits per heavy atom. The highest BCUT2D eigenvalue weighted by Gasteiger charge is 2.17. The van der Waals surface area contributed by atoms with Crippen molar-refractivity contribution in [3.05, 3.63) is 29.3 Å². The lowest BCUT2D eigenvalue weighted by molar-refractivity contribution is 0.148. The van der Waals surface area contributed by atoms with Crippen LogP contribution in [0.5, 0.6) is 0 Å². The number of rotatable bonds is 8. The molecule has 1 rings (SSSR count). The van der Waals surface area contributed by atoms with Gasteiger partial charge in [-0.25, -0.2) is 4.79 Å². The predicted molar refractivity (Wildman–Crippen MR) is 102 cm³/mol. The third-order valence-electron chi connectivity index (χ3n) is 4.36. The Morgan fingerprint density at radius 3 is 2.12 bits per heavy atom. The third kappa shape index (κ3) is 6.16. The highest BCUT2D eigenvalue weighted by atomic mass is 16.3. The van der Waals surface area contributed by atoms with Gasteiger partial charge in [0.1, 0.15) is 0 Å². The topological polar surface area (TPSA) is 61.4 Å². The number of urea groups is 1. The quantitative estimate of drug-likeness (QED) is 0.595. The van der Waals surface area contributed by atoms with Crippen LogP contribution in [0, 0.1) is 5.41 Å². The summed E-state index contributed by atoms with van der Waals surface area (Å²) in [6.07, 6.45) is 1.73. The van der Waals surface area contributed by atoms with Crippen molar-refractivity contribution in [1.82, 2.24) is 5.32 Å². The van der Waals surface area contributed by atoms with E-state index in [0.29, 0.717) is 18.4 Å². The van der Waals surface area contributed by atoms with Crippen LogP contribution in [0.2, 0.25) is 0 Å². The number of hydrogen-bond acceptors (Lipinski definition) is 2. The summed E-state index contributed by atoms with van der Waals surface area (Å²) < 4.78 is 0. The maximum atomic E-state index is 12.3. The molecule has 0 spiro atoms. The Balaban J connectivity index is 2.70. The molecule has 0 saturated carbocycles. The number of aliphatic hydroxyl groups is 1. The number of hydrogen-bond donors (Lipinski definition) is 3. The Bertz CT molecular complexity index is 510. The van der Waals surface area contributed by atoms with Crippen LogP contribution in [-0.4, -0.2) is 24.3 Å². The molecule has 1 aromatic rings. The van der Waals surface area contributed by atoms with E-state index in [1.54, 1.807) is 0 Å². The summed E-state index contributed by atoms with van der Waals surface area (Å²) in [6, 6.07) is 6.06. The van der Waals surface area contributed by atoms with Gasteiger partial charge in [-0.05, 0) is 41.2 Å². The number of carbonyl (C=O) groups excluding carboxylic acids is 1. The summed E-state index contributed by atoms with van der Waals surface area (Å²) in [6.45, 7) is 13.4. The van der Waals surface area contributed by atoms with E-state index in [-0.39, 0.29) is 18.1 Å². The monoisotopic (exact) mass is 334 g/mol. The summed E-state index contributed by atoms with van der Waals surface area (Å²) >= 11 is 0. The van der Waals surface area contributed by atoms with Gasteiger partial charge in [-0.3, -0.25) is 0 Å². The number of nitrogens with one attached hydrogen (secondary N) is 2. The average Bonchev–Trinajstić information content (AvgIpc) is 2.51. The Labute approximate surface area is 147 Å². The molecule has 0 aliphatic carbocycles. The van der Waals surface area contributed by atoms with Crippen molar-refractivity contribution in [2.75, 3.05) is 18.5 Å². The molecule has 0 fully saturated rings. The van der Waals surface area contributed by atoms with Gasteiger partial charge in [-0.2, -0.15) is 0 Å². The number of anilines is 1. The van der Waals surface area contributed by atoms with Crippen molar-refractivity contribution in [3.8, 4) is 0 Å². The van der Waals surface area contributed by atoms with Crippen LogP contribution in [-0.2, 0) is 0 Å². The smallest absolute Gasteiger partial charge is 0.319 e. The zero-order valence-corrected chi connectivity index (χ0v) is 16.1. The second-order valence-corrected chi connectivity index (χ2v) is 7.93. The number of aliphatic hydroxyl groups excluding tert-OH is 1. The van der Waals surface area contributed by atoms with Crippen LogP contribution in [0.3, 0.4) is 0 Å². The summed E-state index contributed by atoms with van der Waals surface area (Å²) in [4.78, 5) is 12.3. The molecule has 24 heavy (non-hydrogen) atoms. The van der Waals surface area contributed by atoms with Gasteiger partial charge in [0.25, 0.3) is 0 Å². The van der Waals surface area contributed by atoms with E-state index < -0.39 is 0 Å². The number of para-hydroxylation sites is 1. The van der Waals surface area contributed by atoms with Gasteiger partial charge in [0.05, 0.1) is 0 Å². The molecule has 0 saturated heterocycles. The standard InChI is InChI=1S/C20H34N2O2/c1-14(2)16-9-7-10-17(15(3)4)18(16)22-19(24)21-12-8-11-20(5,6)13-23/h7,9-10,14-15,23H,8,11-13H2,1-6H3,(H2,21,22,24). The van der Waals surface area contributed by atoms with Crippen molar-refractivity contribution >= 4 is 11.7 Å². The molecular weight excluding hydrogens is 300 g/mol. The lowest BCUT2D eigenvalue weighted by Crippen LogP contribution is -2.31. The van der Waals surface area contributed by atoms with E-state index in [1.165, 1.54) is 0 Å². The molecule has 2 amide bonds. The maximum absolute atomic E-state index is 12.3. The van der Waals surface area contributed by atoms with Crippen molar-refractivity contribution in [3.63, 3.8) is 0 Å². The van der Waals surface area contributed by atoms with Gasteiger partial charge in [-0.15, -0.1) is 0 Å². The first-order valence-corrected chi connectivity index (χ1v) is 8.96. The van der Waals surface area contributed by atoms with Gasteiger partial charge in [0.2, 0.25) is 0 Å². The van der Waals surface area contributed by atoms with Crippen molar-refractivity contribution < 1.29 is 9.90 Å². The van der Waals surface area contributed by atoms with E-state index in [0.717, 1.165) is 29.7 Å². The lowest BCUT2D eigenvalue weighted by atomic mass is 9.89. The highest BCUT2D eigenvalue weighted by Crippen LogP contribution is 2.32. The van der Waals surface area contributed by atoms with Crippen LogP contribution in [0.25, 0.3) is 0 Å². The van der Waals surface area contributed by atoms with Crippen LogP contribution < -0.4 is 10.6 Å². The molecule has 3 N–H and O–H groups in total. The average molecular weight is 335 g/mol. The molecule has 0 aliphatic rings. The van der Waals surface area contributed by atoms with Crippen LogP contribution in [0.1, 0.15) is 77.3 Å². The fraction of sp³-hybridized carbons (Fsp3) is 0.650. The second-order valence-electron chi connectivity index (χ2n) is 7.93. The SMILES string of the molecule is CC(C)c1cccc(C(C)C)c1NC(=O)NCCCC(C)(C)CO. The minimum atomic E-state index is -0.160. The van der Waals surface area contributed by atoms with Gasteiger partial charge < -0.3 is 15.7 Å². The predicted octanol–water partition coefficient (Wildman–Crippen LogP) is 4.85. The molecule has 0 bridgehead atoms. The number of benzene rings is 1. The minimum Gasteiger partial charge on any atom is -0.396 e. The van der Waals surface area contributed by atoms with Gasteiger partial charge in [0.15, 0.2) is 0 Å². The van der Waals surface area contributed by atoms with Crippen molar-refractivity contribution in [1.29, 1.82) is 0 Å². The number of amides is 2. The zero-order chi connectivity index (χ0) is 18.3. The maximum Gasteiger partial charge on any atom is 0.319 e. The normalized spacial score (nSPS) is 11.9. The lowest BCUT2D eigenvalue weighted by Gasteiger charge is -2.22. The Kier molecular flexibility index (Phi) is 7.74. The molecule has 4 nitrogen and oxygen atoms in total. The van der Waals surface area contributed by atoms with Crippen LogP contribution in [0.15, 0.2) is 18.2 Å². The van der Waals surface area contributed by atoms with E-state index in [9.17, 15) is 9.90 Å². The first-order chi connectivity index (χ1) is 11.2. The summed E-state index contributed by atoms with van der Waals surface area (Å²) in [5.74, 6) is 0.703. The number of carbonyl (C=O) groups is 1. The molecule has 0 aromatic heterocycles. The van der Waals surface area contributed by atoms with Gasteiger partial charge in [-0.1, -0.05) is 59.7 Å². The van der Waals surface area contributed by atoms with E-state index >= 15 is 0 Å². The summed E-state index contributed by atoms with van der Waals surface area (Å²) in [5, 5.41) is 15.2. The van der Waals surface area contributed by atoms with Crippen molar-refractivity contribution in [2.45, 2.75) is 66.2 Å². The zero-order valence-electron chi connectivity index (χ0n) is 16.1. The molecule has 0 aliphatic heterocycles. The molecule has 1 aromatic carbocycles. The summed E-state index contributed by atoms with van der Waals surface area (Å²) in [7, 11) is 0. The molecule has 0 heterocycles. The first kappa shape index (κ1) is 20.5. The molecule has 0 radical (unpaired) electrons. The molecule has 4 heteroatoms. The van der Waals surface area contributed by atoms with Gasteiger partial charge >= 0.3 is 6.03 Å². The van der Waals surface area contributed by atoms with Crippen LogP contribution in [0.4, 0.5) is 10.5 Å². The molecule has 0 atom stereocenters.